The average Bonchev–Trinajstić information content (AvgIpc) is 3.17. The first-order valence-corrected chi connectivity index (χ1v) is 9.08. The van der Waals surface area contributed by atoms with E-state index < -0.39 is 4.92 Å². The summed E-state index contributed by atoms with van der Waals surface area (Å²) in [6.45, 7) is 4.90. The molecule has 1 saturated heterocycles. The van der Waals surface area contributed by atoms with Crippen molar-refractivity contribution >= 4 is 33.9 Å². The number of fused-ring (bicyclic) bond motifs is 1. The highest BCUT2D eigenvalue weighted by atomic mass is 16.6. The molecule has 10 heteroatoms. The summed E-state index contributed by atoms with van der Waals surface area (Å²) in [4.78, 5) is 17.7. The molecule has 1 aromatic carbocycles. The summed E-state index contributed by atoms with van der Waals surface area (Å²) >= 11 is 0. The molecule has 0 saturated carbocycles. The maximum atomic E-state index is 11.4. The van der Waals surface area contributed by atoms with Crippen LogP contribution in [0.5, 0.6) is 0 Å². The van der Waals surface area contributed by atoms with Crippen molar-refractivity contribution in [3.63, 3.8) is 0 Å². The monoisotopic (exact) mass is 383 g/mol. The third-order valence-electron chi connectivity index (χ3n) is 4.61. The van der Waals surface area contributed by atoms with Crippen molar-refractivity contribution in [2.45, 2.75) is 0 Å². The second kappa shape index (κ2) is 8.19. The van der Waals surface area contributed by atoms with Crippen molar-refractivity contribution in [1.82, 2.24) is 20.1 Å². The molecule has 0 spiro atoms. The van der Waals surface area contributed by atoms with Crippen molar-refractivity contribution < 1.29 is 9.66 Å². The summed E-state index contributed by atoms with van der Waals surface area (Å²) in [6.07, 6.45) is 1.72. The van der Waals surface area contributed by atoms with E-state index in [2.05, 4.69) is 30.7 Å². The van der Waals surface area contributed by atoms with Crippen LogP contribution >= 0.6 is 0 Å². The predicted octanol–water partition coefficient (Wildman–Crippen LogP) is 2.35. The molecule has 0 unspecified atom stereocenters. The molecule has 10 nitrogen and oxygen atoms in total. The molecular formula is C18H21N7O3. The van der Waals surface area contributed by atoms with Crippen LogP contribution < -0.4 is 10.6 Å². The Morgan fingerprint density at radius 1 is 1.25 bits per heavy atom. The van der Waals surface area contributed by atoms with Gasteiger partial charge in [-0.1, -0.05) is 0 Å². The molecule has 0 aliphatic carbocycles. The van der Waals surface area contributed by atoms with Gasteiger partial charge >= 0.3 is 5.69 Å². The lowest BCUT2D eigenvalue weighted by Gasteiger charge is -2.26. The Labute approximate surface area is 161 Å². The van der Waals surface area contributed by atoms with Crippen LogP contribution in [-0.4, -0.2) is 64.4 Å². The minimum atomic E-state index is -0.443. The van der Waals surface area contributed by atoms with E-state index in [1.54, 1.807) is 12.3 Å². The number of nitrogens with zero attached hydrogens (tertiary/aromatic N) is 4. The quantitative estimate of drug-likeness (QED) is 0.420. The maximum absolute atomic E-state index is 11.4. The lowest BCUT2D eigenvalue weighted by Crippen LogP contribution is -2.39. The lowest BCUT2D eigenvalue weighted by molar-refractivity contribution is -0.384. The zero-order chi connectivity index (χ0) is 19.3. The number of rotatable bonds is 7. The Bertz CT molecular complexity index is 969. The fourth-order valence-corrected chi connectivity index (χ4v) is 3.11. The summed E-state index contributed by atoms with van der Waals surface area (Å²) in [5, 5.41) is 25.5. The molecule has 0 bridgehead atoms. The molecule has 1 aliphatic rings. The second-order valence-electron chi connectivity index (χ2n) is 6.50. The van der Waals surface area contributed by atoms with Gasteiger partial charge < -0.3 is 15.4 Å². The van der Waals surface area contributed by atoms with Crippen molar-refractivity contribution in [2.75, 3.05) is 50.0 Å². The van der Waals surface area contributed by atoms with Gasteiger partial charge in [-0.05, 0) is 24.3 Å². The second-order valence-corrected chi connectivity index (χ2v) is 6.50. The molecule has 3 aromatic rings. The Morgan fingerprint density at radius 2 is 2.11 bits per heavy atom. The van der Waals surface area contributed by atoms with Gasteiger partial charge in [0.05, 0.1) is 29.9 Å². The van der Waals surface area contributed by atoms with Gasteiger partial charge in [0.15, 0.2) is 0 Å². The van der Waals surface area contributed by atoms with Gasteiger partial charge in [-0.3, -0.25) is 20.1 Å². The summed E-state index contributed by atoms with van der Waals surface area (Å²) in [5.74, 6) is 0.782. The number of H-pyrrole nitrogens is 1. The third-order valence-corrected chi connectivity index (χ3v) is 4.61. The number of hydrogen-bond donors (Lipinski definition) is 3. The van der Waals surface area contributed by atoms with Gasteiger partial charge in [-0.15, -0.1) is 0 Å². The molecule has 2 aromatic heterocycles. The number of pyridine rings is 1. The highest BCUT2D eigenvalue weighted by Gasteiger charge is 2.17. The topological polar surface area (TPSA) is 121 Å². The summed E-state index contributed by atoms with van der Waals surface area (Å²) in [5.41, 5.74) is 1.45. The average molecular weight is 383 g/mol. The van der Waals surface area contributed by atoms with Crippen LogP contribution in [-0.2, 0) is 4.74 Å². The minimum absolute atomic E-state index is 0.0802. The van der Waals surface area contributed by atoms with Crippen LogP contribution in [0.1, 0.15) is 0 Å². The SMILES string of the molecule is O=[N+]([O-])c1ccc(NCCN2CCOCC2)nc1Nc1ccc2cn[nH]c2c1. The van der Waals surface area contributed by atoms with Gasteiger partial charge in [0.2, 0.25) is 5.82 Å². The Morgan fingerprint density at radius 3 is 2.93 bits per heavy atom. The van der Waals surface area contributed by atoms with Gasteiger partial charge in [0, 0.05) is 43.3 Å². The van der Waals surface area contributed by atoms with E-state index in [1.807, 2.05) is 18.2 Å². The number of nitro groups is 1. The largest absolute Gasteiger partial charge is 0.379 e. The van der Waals surface area contributed by atoms with Crippen molar-refractivity contribution in [2.24, 2.45) is 0 Å². The first kappa shape index (κ1) is 18.1. The molecule has 0 atom stereocenters. The van der Waals surface area contributed by atoms with Crippen LogP contribution in [0.4, 0.5) is 23.0 Å². The molecule has 28 heavy (non-hydrogen) atoms. The smallest absolute Gasteiger partial charge is 0.311 e. The van der Waals surface area contributed by atoms with Crippen LogP contribution in [0.15, 0.2) is 36.5 Å². The van der Waals surface area contributed by atoms with E-state index in [1.165, 1.54) is 6.07 Å². The first-order valence-electron chi connectivity index (χ1n) is 9.08. The predicted molar refractivity (Wildman–Crippen MR) is 106 cm³/mol. The number of nitrogens with one attached hydrogen (secondary N) is 3. The molecule has 3 heterocycles. The summed E-state index contributed by atoms with van der Waals surface area (Å²) in [7, 11) is 0. The Hall–Kier alpha value is -3.24. The summed E-state index contributed by atoms with van der Waals surface area (Å²) < 4.78 is 5.34. The van der Waals surface area contributed by atoms with E-state index in [4.69, 9.17) is 4.74 Å². The molecule has 4 rings (SSSR count). The molecule has 3 N–H and O–H groups in total. The number of benzene rings is 1. The van der Waals surface area contributed by atoms with Gasteiger partial charge in [0.25, 0.3) is 0 Å². The van der Waals surface area contributed by atoms with Crippen LogP contribution in [0.2, 0.25) is 0 Å². The van der Waals surface area contributed by atoms with E-state index >= 15 is 0 Å². The number of anilines is 3. The standard InChI is InChI=1S/C18H21N7O3/c26-25(27)16-3-4-17(19-5-6-24-7-9-28-10-8-24)22-18(16)21-14-2-1-13-12-20-23-15(13)11-14/h1-4,11-12H,5-10H2,(H,20,23)(H2,19,21,22). The third kappa shape index (κ3) is 4.18. The fraction of sp³-hybridized carbons (Fsp3) is 0.333. The normalized spacial score (nSPS) is 14.9. The van der Waals surface area contributed by atoms with Crippen molar-refractivity contribution in [3.05, 3.63) is 46.6 Å². The van der Waals surface area contributed by atoms with Crippen LogP contribution in [0.25, 0.3) is 10.9 Å². The van der Waals surface area contributed by atoms with Gasteiger partial charge in [0.1, 0.15) is 5.82 Å². The number of morpholine rings is 1. The van der Waals surface area contributed by atoms with E-state index in [9.17, 15) is 10.1 Å². The molecule has 1 fully saturated rings. The van der Waals surface area contributed by atoms with Crippen molar-refractivity contribution in [3.8, 4) is 0 Å². The lowest BCUT2D eigenvalue weighted by atomic mass is 10.2. The highest BCUT2D eigenvalue weighted by Crippen LogP contribution is 2.28. The van der Waals surface area contributed by atoms with Crippen molar-refractivity contribution in [1.29, 1.82) is 0 Å². The molecule has 1 aliphatic heterocycles. The molecule has 0 amide bonds. The number of aromatic amines is 1. The highest BCUT2D eigenvalue weighted by molar-refractivity contribution is 5.83. The van der Waals surface area contributed by atoms with Gasteiger partial charge in [-0.25, -0.2) is 4.98 Å². The Balaban J connectivity index is 1.47. The van der Waals surface area contributed by atoms with Gasteiger partial charge in [-0.2, -0.15) is 5.10 Å². The number of ether oxygens (including phenoxy) is 1. The maximum Gasteiger partial charge on any atom is 0.311 e. The van der Waals surface area contributed by atoms with Crippen LogP contribution in [0, 0.1) is 10.1 Å². The zero-order valence-corrected chi connectivity index (χ0v) is 15.2. The minimum Gasteiger partial charge on any atom is -0.379 e. The molecule has 146 valence electrons. The number of aromatic nitrogens is 3. The van der Waals surface area contributed by atoms with E-state index in [-0.39, 0.29) is 11.5 Å². The van der Waals surface area contributed by atoms with E-state index in [0.29, 0.717) is 18.1 Å². The fourth-order valence-electron chi connectivity index (χ4n) is 3.11. The summed E-state index contributed by atoms with van der Waals surface area (Å²) in [6, 6.07) is 8.65. The first-order chi connectivity index (χ1) is 13.7. The Kier molecular flexibility index (Phi) is 5.31. The van der Waals surface area contributed by atoms with E-state index in [0.717, 1.165) is 43.8 Å². The number of hydrogen-bond acceptors (Lipinski definition) is 8. The molecular weight excluding hydrogens is 362 g/mol. The van der Waals surface area contributed by atoms with Crippen LogP contribution in [0.3, 0.4) is 0 Å². The molecule has 0 radical (unpaired) electrons. The zero-order valence-electron chi connectivity index (χ0n) is 15.2.